The van der Waals surface area contributed by atoms with Crippen LogP contribution in [0.3, 0.4) is 0 Å². The lowest BCUT2D eigenvalue weighted by atomic mass is 10.0. The largest absolute Gasteiger partial charge is 0.389 e. The van der Waals surface area contributed by atoms with Gasteiger partial charge in [0.05, 0.1) is 15.8 Å². The molecule has 0 saturated heterocycles. The Hall–Kier alpha value is -4.32. The zero-order valence-electron chi connectivity index (χ0n) is 25.1. The second-order valence-electron chi connectivity index (χ2n) is 10.9. The Labute approximate surface area is 270 Å². The zero-order chi connectivity index (χ0) is 32.1. The third-order valence-electron chi connectivity index (χ3n) is 7.53. The zero-order valence-corrected chi connectivity index (χ0v) is 27.5. The highest BCUT2D eigenvalue weighted by atomic mass is 79.9. The summed E-state index contributed by atoms with van der Waals surface area (Å²) < 4.78 is 34.5. The maximum absolute atomic E-state index is 13.7. The van der Waals surface area contributed by atoms with Crippen molar-refractivity contribution in [2.24, 2.45) is 0 Å². The number of hydrogen-bond donors (Lipinski definition) is 2. The molecule has 0 aliphatic rings. The van der Waals surface area contributed by atoms with E-state index in [1.165, 1.54) is 0 Å². The van der Waals surface area contributed by atoms with Crippen LogP contribution in [-0.2, 0) is 34.3 Å². The molecule has 1 aromatic heterocycles. The van der Waals surface area contributed by atoms with Crippen LogP contribution in [0.2, 0.25) is 0 Å². The van der Waals surface area contributed by atoms with Crippen molar-refractivity contribution in [2.75, 3.05) is 12.4 Å². The summed E-state index contributed by atoms with van der Waals surface area (Å²) in [6.07, 6.45) is 0.336. The third kappa shape index (κ3) is 7.67. The van der Waals surface area contributed by atoms with Gasteiger partial charge in [-0.15, -0.1) is 0 Å². The molecule has 2 N–H and O–H groups in total. The van der Waals surface area contributed by atoms with Crippen LogP contribution in [0, 0.1) is 13.8 Å². The molecular weight excluding hydrogens is 656 g/mol. The number of nitrogens with one attached hydrogen (secondary N) is 2. The van der Waals surface area contributed by atoms with E-state index in [-0.39, 0.29) is 28.7 Å². The highest BCUT2D eigenvalue weighted by molar-refractivity contribution is 9.10. The summed E-state index contributed by atoms with van der Waals surface area (Å²) in [4.78, 5) is 33.4. The van der Waals surface area contributed by atoms with Crippen LogP contribution in [0.1, 0.15) is 27.8 Å². The summed E-state index contributed by atoms with van der Waals surface area (Å²) >= 11 is 3.51. The van der Waals surface area contributed by atoms with Crippen LogP contribution in [0.15, 0.2) is 110 Å². The third-order valence-corrected chi connectivity index (χ3v) is 9.55. The first kappa shape index (κ1) is 32.1. The lowest BCUT2D eigenvalue weighted by Gasteiger charge is -2.25. The van der Waals surface area contributed by atoms with Gasteiger partial charge in [0.25, 0.3) is 6.01 Å². The van der Waals surface area contributed by atoms with Crippen LogP contribution >= 0.6 is 15.9 Å². The molecule has 0 fully saturated rings. The van der Waals surface area contributed by atoms with Gasteiger partial charge < -0.3 is 14.6 Å². The lowest BCUT2D eigenvalue weighted by molar-refractivity contribution is -0.131. The number of benzene rings is 4. The number of halogens is 1. The fourth-order valence-electron chi connectivity index (χ4n) is 5.03. The number of aromatic nitrogens is 1. The monoisotopic (exact) mass is 688 g/mol. The van der Waals surface area contributed by atoms with Gasteiger partial charge in [0, 0.05) is 31.0 Å². The van der Waals surface area contributed by atoms with Gasteiger partial charge in [-0.25, -0.2) is 17.9 Å². The Balaban J connectivity index is 1.42. The van der Waals surface area contributed by atoms with Crippen molar-refractivity contribution < 1.29 is 17.6 Å². The van der Waals surface area contributed by atoms with Crippen LogP contribution < -0.4 is 15.7 Å². The van der Waals surface area contributed by atoms with Crippen LogP contribution in [-0.4, -0.2) is 37.3 Å². The molecular formula is C34H33BrN4O5S. The molecule has 0 bridgehead atoms. The Bertz CT molecular complexity index is 1980. The molecule has 1 atom stereocenters. The predicted octanol–water partition coefficient (Wildman–Crippen LogP) is 5.73. The number of amides is 1. The molecule has 0 saturated carbocycles. The van der Waals surface area contributed by atoms with E-state index in [1.807, 2.05) is 67.6 Å². The Morgan fingerprint density at radius 1 is 0.956 bits per heavy atom. The van der Waals surface area contributed by atoms with Gasteiger partial charge in [-0.05, 0) is 70.2 Å². The summed E-state index contributed by atoms with van der Waals surface area (Å²) in [5.74, 6) is -0.196. The molecule has 0 radical (unpaired) electrons. The van der Waals surface area contributed by atoms with E-state index < -0.39 is 21.7 Å². The first-order chi connectivity index (χ1) is 21.5. The number of carbonyl (C=O) groups excluding carboxylic acids is 1. The Morgan fingerprint density at radius 3 is 2.22 bits per heavy atom. The summed E-state index contributed by atoms with van der Waals surface area (Å²) in [7, 11) is -2.05. The van der Waals surface area contributed by atoms with Crippen molar-refractivity contribution in [3.8, 4) is 0 Å². The Kier molecular flexibility index (Phi) is 9.81. The second-order valence-corrected chi connectivity index (χ2v) is 13.5. The molecule has 0 aliphatic carbocycles. The van der Waals surface area contributed by atoms with Gasteiger partial charge >= 0.3 is 5.63 Å². The minimum Gasteiger partial charge on any atom is -0.389 e. The summed E-state index contributed by atoms with van der Waals surface area (Å²) in [6.45, 7) is 3.96. The highest BCUT2D eigenvalue weighted by Crippen LogP contribution is 2.28. The standard InChI is InChI=1S/C34H33BrN4O5S/c1-22-14-16-27(17-15-22)45(42,43)36-20-26-19-28(35)31-30(23(26)2)33(41)44-34(38-31)37-29(18-24-10-6-4-7-11-24)32(40)39(3)21-25-12-8-5-9-13-25/h4-17,19,29,36H,18,20-21H2,1-3H3,(H,37,38)/t29-/m0/s1. The molecule has 5 rings (SSSR count). The number of sulfonamides is 1. The van der Waals surface area contributed by atoms with Gasteiger partial charge in [0.1, 0.15) is 6.04 Å². The molecule has 11 heteroatoms. The van der Waals surface area contributed by atoms with Gasteiger partial charge in [0.2, 0.25) is 15.9 Å². The topological polar surface area (TPSA) is 122 Å². The van der Waals surface area contributed by atoms with Crippen LogP contribution in [0.25, 0.3) is 10.9 Å². The first-order valence-corrected chi connectivity index (χ1v) is 16.6. The smallest absolute Gasteiger partial charge is 0.348 e. The van der Waals surface area contributed by atoms with Crippen molar-refractivity contribution in [3.05, 3.63) is 134 Å². The maximum atomic E-state index is 13.7. The van der Waals surface area contributed by atoms with E-state index in [0.29, 0.717) is 34.1 Å². The summed E-state index contributed by atoms with van der Waals surface area (Å²) in [5, 5.41) is 3.29. The molecule has 0 aliphatic heterocycles. The van der Waals surface area contributed by atoms with Crippen molar-refractivity contribution in [1.29, 1.82) is 0 Å². The molecule has 232 valence electrons. The van der Waals surface area contributed by atoms with E-state index in [0.717, 1.165) is 16.7 Å². The molecule has 9 nitrogen and oxygen atoms in total. The average molecular weight is 690 g/mol. The van der Waals surface area contributed by atoms with Crippen molar-refractivity contribution >= 4 is 48.8 Å². The maximum Gasteiger partial charge on any atom is 0.348 e. The molecule has 1 heterocycles. The number of fused-ring (bicyclic) bond motifs is 1. The van der Waals surface area contributed by atoms with Crippen molar-refractivity contribution in [2.45, 2.75) is 44.3 Å². The number of carbonyl (C=O) groups is 1. The lowest BCUT2D eigenvalue weighted by Crippen LogP contribution is -2.42. The number of rotatable bonds is 11. The van der Waals surface area contributed by atoms with Crippen LogP contribution in [0.4, 0.5) is 6.01 Å². The number of nitrogens with zero attached hydrogens (tertiary/aromatic N) is 2. The normalized spacial score (nSPS) is 12.2. The molecule has 5 aromatic rings. The highest BCUT2D eigenvalue weighted by Gasteiger charge is 2.25. The van der Waals surface area contributed by atoms with E-state index >= 15 is 0 Å². The van der Waals surface area contributed by atoms with Crippen molar-refractivity contribution in [3.63, 3.8) is 0 Å². The van der Waals surface area contributed by atoms with E-state index in [4.69, 9.17) is 4.42 Å². The fraction of sp³-hybridized carbons (Fsp3) is 0.206. The first-order valence-electron chi connectivity index (χ1n) is 14.3. The number of hydrogen-bond acceptors (Lipinski definition) is 7. The van der Waals surface area contributed by atoms with E-state index in [9.17, 15) is 18.0 Å². The fourth-order valence-corrected chi connectivity index (χ4v) is 6.60. The van der Waals surface area contributed by atoms with E-state index in [1.54, 1.807) is 49.2 Å². The van der Waals surface area contributed by atoms with E-state index in [2.05, 4.69) is 31.0 Å². The average Bonchev–Trinajstić information content (AvgIpc) is 3.02. The molecule has 4 aromatic carbocycles. The minimum absolute atomic E-state index is 0.0442. The van der Waals surface area contributed by atoms with Gasteiger partial charge in [-0.3, -0.25) is 4.79 Å². The molecule has 1 amide bonds. The number of likely N-dealkylation sites (N-methyl/N-ethyl adjacent to an activating group) is 1. The van der Waals surface area contributed by atoms with Crippen LogP contribution in [0.5, 0.6) is 0 Å². The van der Waals surface area contributed by atoms with Gasteiger partial charge in [-0.2, -0.15) is 4.98 Å². The molecule has 0 spiro atoms. The summed E-state index contributed by atoms with van der Waals surface area (Å²) in [5.41, 5.74) is 3.65. The van der Waals surface area contributed by atoms with Gasteiger partial charge in [0.15, 0.2) is 0 Å². The Morgan fingerprint density at radius 2 is 1.58 bits per heavy atom. The van der Waals surface area contributed by atoms with Gasteiger partial charge in [-0.1, -0.05) is 78.4 Å². The molecule has 0 unspecified atom stereocenters. The minimum atomic E-state index is -3.78. The quantitative estimate of drug-likeness (QED) is 0.182. The molecule has 45 heavy (non-hydrogen) atoms. The van der Waals surface area contributed by atoms with Crippen molar-refractivity contribution in [1.82, 2.24) is 14.6 Å². The number of aryl methyl sites for hydroxylation is 2. The SMILES string of the molecule is Cc1ccc(S(=O)(=O)NCc2cc(Br)c3nc(N[C@@H](Cc4ccccc4)C(=O)N(C)Cc4ccccc4)oc(=O)c3c2C)cc1. The summed E-state index contributed by atoms with van der Waals surface area (Å²) in [6, 6.07) is 26.6. The predicted molar refractivity (Wildman–Crippen MR) is 178 cm³/mol. The second kappa shape index (κ2) is 13.8. The number of anilines is 1.